The van der Waals surface area contributed by atoms with Crippen LogP contribution in [0.1, 0.15) is 72.0 Å². The third kappa shape index (κ3) is 10.1. The summed E-state index contributed by atoms with van der Waals surface area (Å²) in [5.41, 5.74) is 7.59. The number of carbonyl (C=O) groups excluding carboxylic acids is 2. The minimum atomic E-state index is 0.0427. The summed E-state index contributed by atoms with van der Waals surface area (Å²) in [6.45, 7) is 4.93. The monoisotopic (exact) mass is 789 g/mol. The predicted molar refractivity (Wildman–Crippen MR) is 217 cm³/mol. The number of carbonyl (C=O) groups is 2. The lowest BCUT2D eigenvalue weighted by molar-refractivity contribution is -0.131. The fraction of sp³-hybridized carbons (Fsp3) is 0.364. The van der Waals surface area contributed by atoms with Crippen molar-refractivity contribution >= 4 is 39.3 Å². The number of hydrogen-bond donors (Lipinski definition) is 1. The lowest BCUT2D eigenvalue weighted by Gasteiger charge is -2.32. The normalized spacial score (nSPS) is 15.4. The van der Waals surface area contributed by atoms with Crippen LogP contribution in [0.5, 0.6) is 0 Å². The molecule has 53 heavy (non-hydrogen) atoms. The van der Waals surface area contributed by atoms with Gasteiger partial charge in [-0.15, -0.1) is 5.10 Å². The number of amides is 2. The van der Waals surface area contributed by atoms with Crippen LogP contribution in [-0.2, 0) is 24.3 Å². The smallest absolute Gasteiger partial charge is 0.253 e. The Balaban J connectivity index is 1.02. The van der Waals surface area contributed by atoms with Crippen molar-refractivity contribution in [3.05, 3.63) is 129 Å². The summed E-state index contributed by atoms with van der Waals surface area (Å²) in [5.74, 6) is 1.79. The highest BCUT2D eigenvalue weighted by molar-refractivity contribution is 9.10. The minimum Gasteiger partial charge on any atom is -0.339 e. The average molecular weight is 791 g/mol. The first-order valence-electron chi connectivity index (χ1n) is 19.1. The van der Waals surface area contributed by atoms with Crippen LogP contribution in [0.2, 0.25) is 0 Å². The first-order valence-corrected chi connectivity index (χ1v) is 20.7. The van der Waals surface area contributed by atoms with Crippen molar-refractivity contribution in [2.45, 2.75) is 64.5 Å². The van der Waals surface area contributed by atoms with Gasteiger partial charge < -0.3 is 15.1 Å². The highest BCUT2D eigenvalue weighted by Crippen LogP contribution is 2.29. The van der Waals surface area contributed by atoms with Crippen molar-refractivity contribution in [3.8, 4) is 22.4 Å². The fourth-order valence-electron chi connectivity index (χ4n) is 7.86. The van der Waals surface area contributed by atoms with Gasteiger partial charge in [-0.05, 0) is 120 Å². The van der Waals surface area contributed by atoms with Gasteiger partial charge in [-0.2, -0.15) is 0 Å². The standard InChI is InChI=1S/C44H48BrN5O2S/c45-41-16-2-1-11-38(41)28-43(51)50(30-35-10-5-14-39(26-35)42-31-53-48-47-42)29-34-9-4-12-36(25-34)37-13-6-15-40(27-37)44(52)49-23-19-33(20-24-49)8-3-7-32-17-21-46-22-18-32/h1-2,4-6,9-16,25-27,31-33,46H,3,7-8,17-24,28-30H2. The average Bonchev–Trinajstić information content (AvgIpc) is 3.75. The second-order valence-corrected chi connectivity index (χ2v) is 16.1. The number of nitrogens with one attached hydrogen (secondary N) is 1. The zero-order chi connectivity index (χ0) is 36.4. The first-order chi connectivity index (χ1) is 26.0. The van der Waals surface area contributed by atoms with Gasteiger partial charge in [0, 0.05) is 47.2 Å². The van der Waals surface area contributed by atoms with Crippen LogP contribution < -0.4 is 5.32 Å². The highest BCUT2D eigenvalue weighted by atomic mass is 79.9. The quantitative estimate of drug-likeness (QED) is 0.129. The molecule has 2 fully saturated rings. The van der Waals surface area contributed by atoms with Gasteiger partial charge in [0.2, 0.25) is 5.91 Å². The third-order valence-electron chi connectivity index (χ3n) is 10.9. The molecule has 0 saturated carbocycles. The van der Waals surface area contributed by atoms with Crippen molar-refractivity contribution in [1.82, 2.24) is 24.7 Å². The number of piperidine rings is 2. The number of nitrogens with zero attached hydrogens (tertiary/aromatic N) is 4. The van der Waals surface area contributed by atoms with Crippen LogP contribution in [0.3, 0.4) is 0 Å². The van der Waals surface area contributed by atoms with Crippen molar-refractivity contribution in [2.75, 3.05) is 26.2 Å². The molecule has 5 aromatic rings. The van der Waals surface area contributed by atoms with E-state index in [2.05, 4.69) is 67.2 Å². The van der Waals surface area contributed by atoms with E-state index in [9.17, 15) is 9.59 Å². The summed E-state index contributed by atoms with van der Waals surface area (Å²) >= 11 is 4.95. The summed E-state index contributed by atoms with van der Waals surface area (Å²) in [6, 6.07) is 32.4. The molecule has 3 heterocycles. The van der Waals surface area contributed by atoms with Gasteiger partial charge in [0.25, 0.3) is 5.91 Å². The number of rotatable bonds is 13. The Morgan fingerprint density at radius 3 is 2.11 bits per heavy atom. The lowest BCUT2D eigenvalue weighted by atomic mass is 9.87. The second kappa shape index (κ2) is 18.2. The number of halogens is 1. The predicted octanol–water partition coefficient (Wildman–Crippen LogP) is 9.43. The van der Waals surface area contributed by atoms with Crippen LogP contribution in [-0.4, -0.2) is 57.4 Å². The Bertz CT molecular complexity index is 1970. The van der Waals surface area contributed by atoms with Gasteiger partial charge in [-0.25, -0.2) is 0 Å². The molecule has 4 aromatic carbocycles. The molecular weight excluding hydrogens is 742 g/mol. The summed E-state index contributed by atoms with van der Waals surface area (Å²) in [7, 11) is 0. The summed E-state index contributed by atoms with van der Waals surface area (Å²) < 4.78 is 4.95. The van der Waals surface area contributed by atoms with E-state index in [1.807, 2.05) is 75.8 Å². The zero-order valence-electron chi connectivity index (χ0n) is 30.3. The molecule has 2 saturated heterocycles. The van der Waals surface area contributed by atoms with E-state index >= 15 is 0 Å². The molecule has 2 aliphatic heterocycles. The van der Waals surface area contributed by atoms with E-state index < -0.39 is 0 Å². The maximum absolute atomic E-state index is 14.0. The molecular formula is C44H48BrN5O2S. The molecule has 0 bridgehead atoms. The van der Waals surface area contributed by atoms with Crippen molar-refractivity contribution < 1.29 is 9.59 Å². The van der Waals surface area contributed by atoms with Gasteiger partial charge in [0.05, 0.1) is 6.42 Å². The van der Waals surface area contributed by atoms with Crippen molar-refractivity contribution in [3.63, 3.8) is 0 Å². The van der Waals surface area contributed by atoms with E-state index in [4.69, 9.17) is 0 Å². The van der Waals surface area contributed by atoms with Crippen LogP contribution >= 0.6 is 27.5 Å². The van der Waals surface area contributed by atoms with Gasteiger partial charge in [-0.1, -0.05) is 106 Å². The Morgan fingerprint density at radius 2 is 1.42 bits per heavy atom. The Labute approximate surface area is 326 Å². The Morgan fingerprint density at radius 1 is 0.774 bits per heavy atom. The van der Waals surface area contributed by atoms with Crippen LogP contribution in [0.4, 0.5) is 0 Å². The molecule has 2 amide bonds. The summed E-state index contributed by atoms with van der Waals surface area (Å²) in [4.78, 5) is 31.7. The Kier molecular flexibility index (Phi) is 12.8. The molecule has 1 aromatic heterocycles. The molecule has 1 N–H and O–H groups in total. The van der Waals surface area contributed by atoms with Crippen LogP contribution in [0, 0.1) is 11.8 Å². The molecule has 274 valence electrons. The Hall–Kier alpha value is -4.18. The van der Waals surface area contributed by atoms with E-state index in [0.29, 0.717) is 13.1 Å². The van der Waals surface area contributed by atoms with Gasteiger partial charge in [0.15, 0.2) is 0 Å². The molecule has 0 atom stereocenters. The molecule has 0 spiro atoms. The molecule has 9 heteroatoms. The van der Waals surface area contributed by atoms with Crippen molar-refractivity contribution in [1.29, 1.82) is 0 Å². The number of benzene rings is 4. The van der Waals surface area contributed by atoms with Gasteiger partial charge >= 0.3 is 0 Å². The lowest BCUT2D eigenvalue weighted by Crippen LogP contribution is -2.38. The van der Waals surface area contributed by atoms with E-state index in [-0.39, 0.29) is 18.2 Å². The molecule has 0 unspecified atom stereocenters. The van der Waals surface area contributed by atoms with Crippen LogP contribution in [0.25, 0.3) is 22.4 Å². The van der Waals surface area contributed by atoms with Crippen LogP contribution in [0.15, 0.2) is 107 Å². The zero-order valence-corrected chi connectivity index (χ0v) is 32.7. The van der Waals surface area contributed by atoms with E-state index in [0.717, 1.165) is 86.9 Å². The molecule has 0 aliphatic carbocycles. The van der Waals surface area contributed by atoms with Crippen molar-refractivity contribution in [2.24, 2.45) is 11.8 Å². The summed E-state index contributed by atoms with van der Waals surface area (Å²) in [5, 5.41) is 9.65. The first kappa shape index (κ1) is 37.1. The molecule has 7 rings (SSSR count). The number of aromatic nitrogens is 2. The fourth-order valence-corrected chi connectivity index (χ4v) is 8.75. The number of likely N-dealkylation sites (tertiary alicyclic amines) is 1. The topological polar surface area (TPSA) is 78.4 Å². The SMILES string of the molecule is O=C(Cc1ccccc1Br)N(Cc1cccc(-c2cccc(C(=O)N3CCC(CCCC4CCNCC4)CC3)c2)c1)Cc1cccc(-c2csnn2)c1. The van der Waals surface area contributed by atoms with Gasteiger partial charge in [0.1, 0.15) is 5.69 Å². The van der Waals surface area contributed by atoms with E-state index in [1.54, 1.807) is 0 Å². The molecule has 0 radical (unpaired) electrons. The van der Waals surface area contributed by atoms with E-state index in [1.165, 1.54) is 56.7 Å². The molecule has 2 aliphatic rings. The largest absolute Gasteiger partial charge is 0.339 e. The number of hydrogen-bond acceptors (Lipinski definition) is 6. The third-order valence-corrected chi connectivity index (χ3v) is 12.2. The summed E-state index contributed by atoms with van der Waals surface area (Å²) in [6.07, 6.45) is 9.10. The maximum atomic E-state index is 14.0. The second-order valence-electron chi connectivity index (χ2n) is 14.6. The van der Waals surface area contributed by atoms with Gasteiger partial charge in [-0.3, -0.25) is 9.59 Å². The minimum absolute atomic E-state index is 0.0427. The maximum Gasteiger partial charge on any atom is 0.253 e. The highest BCUT2D eigenvalue weighted by Gasteiger charge is 2.24. The molecule has 7 nitrogen and oxygen atoms in total.